The van der Waals surface area contributed by atoms with E-state index >= 15 is 0 Å². The fraction of sp³-hybridized carbons (Fsp3) is 0.818. The Morgan fingerprint density at radius 3 is 2.25 bits per heavy atom. The smallest absolute Gasteiger partial charge is 0.407 e. The largest absolute Gasteiger partial charge is 0.464 e. The molecule has 0 saturated carbocycles. The summed E-state index contributed by atoms with van der Waals surface area (Å²) in [4.78, 5) is 22.2. The van der Waals surface area contributed by atoms with Crippen molar-refractivity contribution in [2.75, 3.05) is 13.2 Å². The van der Waals surface area contributed by atoms with Crippen LogP contribution in [0, 0.1) is 5.92 Å². The molecule has 16 heavy (non-hydrogen) atoms. The summed E-state index contributed by atoms with van der Waals surface area (Å²) in [5, 5.41) is 2.50. The topological polar surface area (TPSA) is 64.6 Å². The lowest BCUT2D eigenvalue weighted by molar-refractivity contribution is -0.147. The van der Waals surface area contributed by atoms with E-state index < -0.39 is 11.7 Å². The van der Waals surface area contributed by atoms with E-state index in [4.69, 9.17) is 9.47 Å². The number of carbonyl (C=O) groups excluding carboxylic acids is 2. The van der Waals surface area contributed by atoms with Crippen LogP contribution in [0.25, 0.3) is 0 Å². The summed E-state index contributed by atoms with van der Waals surface area (Å²) >= 11 is 0. The normalized spacial score (nSPS) is 11.1. The molecule has 0 aromatic rings. The van der Waals surface area contributed by atoms with Crippen molar-refractivity contribution >= 4 is 12.1 Å². The van der Waals surface area contributed by atoms with Crippen LogP contribution in [0.3, 0.4) is 0 Å². The molecule has 0 aliphatic rings. The third kappa shape index (κ3) is 8.08. The standard InChI is InChI=1S/C11H21NO4/c1-8(2)9(13)15-7-6-12-10(14)16-11(3,4)5/h8H,6-7H2,1-5H3,(H,12,14). The van der Waals surface area contributed by atoms with Crippen molar-refractivity contribution in [3.63, 3.8) is 0 Å². The van der Waals surface area contributed by atoms with Crippen molar-refractivity contribution in [1.29, 1.82) is 0 Å². The molecule has 1 amide bonds. The molecule has 0 unspecified atom stereocenters. The van der Waals surface area contributed by atoms with Crippen LogP contribution in [0.2, 0.25) is 0 Å². The Morgan fingerprint density at radius 1 is 1.25 bits per heavy atom. The van der Waals surface area contributed by atoms with Crippen LogP contribution in [0.15, 0.2) is 0 Å². The summed E-state index contributed by atoms with van der Waals surface area (Å²) in [5.41, 5.74) is -0.515. The number of carbonyl (C=O) groups is 2. The van der Waals surface area contributed by atoms with Gasteiger partial charge in [0.1, 0.15) is 12.2 Å². The quantitative estimate of drug-likeness (QED) is 0.591. The molecular formula is C11H21NO4. The molecular weight excluding hydrogens is 210 g/mol. The minimum atomic E-state index is -0.515. The number of hydrogen-bond acceptors (Lipinski definition) is 4. The third-order valence-electron chi connectivity index (χ3n) is 1.49. The summed E-state index contributed by atoms with van der Waals surface area (Å²) in [5.74, 6) is -0.424. The first-order valence-electron chi connectivity index (χ1n) is 5.36. The molecule has 0 bridgehead atoms. The molecule has 94 valence electrons. The molecule has 0 rings (SSSR count). The number of amides is 1. The van der Waals surface area contributed by atoms with E-state index in [2.05, 4.69) is 5.32 Å². The third-order valence-corrected chi connectivity index (χ3v) is 1.49. The summed E-state index contributed by atoms with van der Waals surface area (Å²) in [6, 6.07) is 0. The number of hydrogen-bond donors (Lipinski definition) is 1. The number of esters is 1. The van der Waals surface area contributed by atoms with Crippen molar-refractivity contribution in [3.05, 3.63) is 0 Å². The van der Waals surface area contributed by atoms with Crippen molar-refractivity contribution in [2.45, 2.75) is 40.2 Å². The average Bonchev–Trinajstić information content (AvgIpc) is 2.08. The van der Waals surface area contributed by atoms with Crippen molar-refractivity contribution < 1.29 is 19.1 Å². The van der Waals surface area contributed by atoms with Gasteiger partial charge in [0.15, 0.2) is 0 Å². The summed E-state index contributed by atoms with van der Waals surface area (Å²) in [6.45, 7) is 9.28. The van der Waals surface area contributed by atoms with Crippen molar-refractivity contribution in [1.82, 2.24) is 5.32 Å². The molecule has 0 heterocycles. The minimum absolute atomic E-state index is 0.151. The van der Waals surface area contributed by atoms with E-state index in [1.165, 1.54) is 0 Å². The molecule has 0 aromatic carbocycles. The van der Waals surface area contributed by atoms with Gasteiger partial charge in [-0.15, -0.1) is 0 Å². The molecule has 1 N–H and O–H groups in total. The van der Waals surface area contributed by atoms with Gasteiger partial charge in [0, 0.05) is 0 Å². The number of nitrogens with one attached hydrogen (secondary N) is 1. The first-order valence-corrected chi connectivity index (χ1v) is 5.36. The molecule has 0 aromatic heterocycles. The summed E-state index contributed by atoms with van der Waals surface area (Å²) in [7, 11) is 0. The first kappa shape index (κ1) is 14.7. The van der Waals surface area contributed by atoms with E-state index in [1.54, 1.807) is 34.6 Å². The number of ether oxygens (including phenoxy) is 2. The molecule has 0 fully saturated rings. The fourth-order valence-electron chi connectivity index (χ4n) is 0.786. The molecule has 5 nitrogen and oxygen atoms in total. The molecule has 0 spiro atoms. The lowest BCUT2D eigenvalue weighted by Gasteiger charge is -2.19. The Morgan fingerprint density at radius 2 is 1.81 bits per heavy atom. The maximum atomic E-state index is 11.2. The lowest BCUT2D eigenvalue weighted by atomic mass is 10.2. The predicted molar refractivity (Wildman–Crippen MR) is 60.0 cm³/mol. The number of alkyl carbamates (subject to hydrolysis) is 1. The number of rotatable bonds is 4. The van der Waals surface area contributed by atoms with E-state index in [0.717, 1.165) is 0 Å². The lowest BCUT2D eigenvalue weighted by Crippen LogP contribution is -2.34. The maximum absolute atomic E-state index is 11.2. The van der Waals surface area contributed by atoms with Crippen molar-refractivity contribution in [3.8, 4) is 0 Å². The first-order chi connectivity index (χ1) is 7.22. The average molecular weight is 231 g/mol. The van der Waals surface area contributed by atoms with Gasteiger partial charge in [-0.05, 0) is 20.8 Å². The zero-order valence-electron chi connectivity index (χ0n) is 10.6. The highest BCUT2D eigenvalue weighted by Crippen LogP contribution is 2.06. The van der Waals surface area contributed by atoms with Crippen LogP contribution in [0.1, 0.15) is 34.6 Å². The Hall–Kier alpha value is -1.26. The Balaban J connectivity index is 3.60. The Bertz CT molecular complexity index is 243. The van der Waals surface area contributed by atoms with Crippen LogP contribution in [0.4, 0.5) is 4.79 Å². The van der Waals surface area contributed by atoms with Gasteiger partial charge < -0.3 is 14.8 Å². The summed E-state index contributed by atoms with van der Waals surface area (Å²) in [6.07, 6.45) is -0.506. The summed E-state index contributed by atoms with van der Waals surface area (Å²) < 4.78 is 9.88. The fourth-order valence-corrected chi connectivity index (χ4v) is 0.786. The monoisotopic (exact) mass is 231 g/mol. The predicted octanol–water partition coefficient (Wildman–Crippen LogP) is 1.71. The van der Waals surface area contributed by atoms with Crippen LogP contribution in [0.5, 0.6) is 0 Å². The van der Waals surface area contributed by atoms with Crippen LogP contribution in [-0.4, -0.2) is 30.8 Å². The van der Waals surface area contributed by atoms with Gasteiger partial charge in [-0.25, -0.2) is 4.79 Å². The van der Waals surface area contributed by atoms with Gasteiger partial charge >= 0.3 is 12.1 Å². The van der Waals surface area contributed by atoms with Gasteiger partial charge in [0.2, 0.25) is 0 Å². The second-order valence-electron chi connectivity index (χ2n) is 4.75. The van der Waals surface area contributed by atoms with E-state index in [0.29, 0.717) is 0 Å². The molecule has 0 radical (unpaired) electrons. The van der Waals surface area contributed by atoms with Crippen LogP contribution >= 0.6 is 0 Å². The SMILES string of the molecule is CC(C)C(=O)OCCNC(=O)OC(C)(C)C. The second-order valence-corrected chi connectivity index (χ2v) is 4.75. The molecule has 0 aliphatic carbocycles. The Kier molecular flexibility index (Phi) is 5.85. The van der Waals surface area contributed by atoms with Gasteiger partial charge in [-0.2, -0.15) is 0 Å². The highest BCUT2D eigenvalue weighted by Gasteiger charge is 2.15. The molecule has 5 heteroatoms. The molecule has 0 aliphatic heterocycles. The highest BCUT2D eigenvalue weighted by atomic mass is 16.6. The van der Waals surface area contributed by atoms with Gasteiger partial charge in [-0.1, -0.05) is 13.8 Å². The molecule has 0 saturated heterocycles. The molecule has 0 atom stereocenters. The minimum Gasteiger partial charge on any atom is -0.464 e. The zero-order chi connectivity index (χ0) is 12.8. The maximum Gasteiger partial charge on any atom is 0.407 e. The van der Waals surface area contributed by atoms with E-state index in [-0.39, 0.29) is 25.0 Å². The van der Waals surface area contributed by atoms with Crippen LogP contribution < -0.4 is 5.32 Å². The van der Waals surface area contributed by atoms with E-state index in [1.807, 2.05) is 0 Å². The van der Waals surface area contributed by atoms with Gasteiger partial charge in [0.05, 0.1) is 12.5 Å². The van der Waals surface area contributed by atoms with E-state index in [9.17, 15) is 9.59 Å². The highest BCUT2D eigenvalue weighted by molar-refractivity contribution is 5.71. The van der Waals surface area contributed by atoms with Crippen molar-refractivity contribution in [2.24, 2.45) is 5.92 Å². The van der Waals surface area contributed by atoms with Gasteiger partial charge in [0.25, 0.3) is 0 Å². The van der Waals surface area contributed by atoms with Gasteiger partial charge in [-0.3, -0.25) is 4.79 Å². The second kappa shape index (κ2) is 6.35. The Labute approximate surface area is 96.5 Å². The van der Waals surface area contributed by atoms with Crippen LogP contribution in [-0.2, 0) is 14.3 Å². The zero-order valence-corrected chi connectivity index (χ0v) is 10.6.